The van der Waals surface area contributed by atoms with Crippen molar-refractivity contribution in [3.63, 3.8) is 0 Å². The number of aliphatic hydroxyl groups excluding tert-OH is 1. The van der Waals surface area contributed by atoms with Crippen molar-refractivity contribution in [2.45, 2.75) is 32.9 Å². The van der Waals surface area contributed by atoms with E-state index in [0.29, 0.717) is 0 Å². The first-order valence-corrected chi connectivity index (χ1v) is 7.05. The van der Waals surface area contributed by atoms with Gasteiger partial charge in [-0.15, -0.1) is 0 Å². The Labute approximate surface area is 113 Å². The molecule has 0 spiro atoms. The highest BCUT2D eigenvalue weighted by molar-refractivity contribution is 5.60. The Kier molecular flexibility index (Phi) is 3.53. The first-order chi connectivity index (χ1) is 9.28. The molecule has 0 radical (unpaired) electrons. The Bertz CT molecular complexity index is 556. The van der Waals surface area contributed by atoms with Crippen LogP contribution in [0, 0.1) is 5.92 Å². The summed E-state index contributed by atoms with van der Waals surface area (Å²) in [5, 5.41) is 13.7. The van der Waals surface area contributed by atoms with Crippen LogP contribution in [-0.4, -0.2) is 32.7 Å². The summed E-state index contributed by atoms with van der Waals surface area (Å²) >= 11 is 0. The third-order valence-corrected chi connectivity index (χ3v) is 4.14. The van der Waals surface area contributed by atoms with Gasteiger partial charge < -0.3 is 5.11 Å². The van der Waals surface area contributed by atoms with Crippen molar-refractivity contribution in [3.05, 3.63) is 35.7 Å². The van der Waals surface area contributed by atoms with Crippen molar-refractivity contribution in [3.8, 4) is 0 Å². The van der Waals surface area contributed by atoms with Crippen LogP contribution in [0.15, 0.2) is 24.5 Å². The normalized spacial score (nSPS) is 18.2. The lowest BCUT2D eigenvalue weighted by atomic mass is 9.99. The lowest BCUT2D eigenvalue weighted by molar-refractivity contribution is 0.185. The lowest BCUT2D eigenvalue weighted by Crippen LogP contribution is -2.32. The maximum absolute atomic E-state index is 9.42. The van der Waals surface area contributed by atoms with Gasteiger partial charge in [0.15, 0.2) is 0 Å². The van der Waals surface area contributed by atoms with Gasteiger partial charge in [0, 0.05) is 18.3 Å². The van der Waals surface area contributed by atoms with Crippen molar-refractivity contribution in [1.82, 2.24) is 14.5 Å². The van der Waals surface area contributed by atoms with Crippen LogP contribution in [0.4, 0.5) is 0 Å². The van der Waals surface area contributed by atoms with E-state index in [4.69, 9.17) is 0 Å². The van der Waals surface area contributed by atoms with Crippen LogP contribution in [0.1, 0.15) is 30.9 Å². The fraction of sp³-hybridized carbons (Fsp3) is 0.533. The molecule has 1 saturated heterocycles. The highest BCUT2D eigenvalue weighted by Gasteiger charge is 2.17. The monoisotopic (exact) mass is 259 g/mol. The van der Waals surface area contributed by atoms with Gasteiger partial charge in [0.1, 0.15) is 0 Å². The van der Waals surface area contributed by atoms with Crippen molar-refractivity contribution < 1.29 is 5.11 Å². The Hall–Kier alpha value is -1.39. The molecule has 0 aliphatic carbocycles. The van der Waals surface area contributed by atoms with Gasteiger partial charge in [-0.3, -0.25) is 4.90 Å². The predicted molar refractivity (Wildman–Crippen MR) is 74.8 cm³/mol. The minimum Gasteiger partial charge on any atom is -0.392 e. The molecule has 3 heterocycles. The summed E-state index contributed by atoms with van der Waals surface area (Å²) in [5.74, 6) is 0.856. The first-order valence-electron chi connectivity index (χ1n) is 7.05. The standard InChI is InChI=1S/C15H21N3O/c1-12-4-7-17(8-5-12)10-13-3-2-6-18-15(13)14(11-19)9-16-18/h2-3,6,9,12,19H,4-5,7-8,10-11H2,1H3. The second kappa shape index (κ2) is 5.31. The molecule has 4 heteroatoms. The topological polar surface area (TPSA) is 40.8 Å². The van der Waals surface area contributed by atoms with E-state index in [0.717, 1.165) is 23.5 Å². The number of rotatable bonds is 3. The number of nitrogens with zero attached hydrogens (tertiary/aromatic N) is 3. The molecule has 0 unspecified atom stereocenters. The smallest absolute Gasteiger partial charge is 0.0761 e. The Morgan fingerprint density at radius 3 is 2.84 bits per heavy atom. The molecule has 2 aromatic rings. The van der Waals surface area contributed by atoms with E-state index in [9.17, 15) is 5.11 Å². The Morgan fingerprint density at radius 2 is 2.11 bits per heavy atom. The first kappa shape index (κ1) is 12.6. The third kappa shape index (κ3) is 2.51. The zero-order valence-electron chi connectivity index (χ0n) is 11.4. The average Bonchev–Trinajstić information content (AvgIpc) is 2.85. The van der Waals surface area contributed by atoms with Gasteiger partial charge in [0.2, 0.25) is 0 Å². The SMILES string of the molecule is CC1CCN(Cc2cccn3ncc(CO)c23)CC1. The summed E-state index contributed by atoms with van der Waals surface area (Å²) in [6, 6.07) is 4.18. The van der Waals surface area contributed by atoms with Crippen LogP contribution in [0.5, 0.6) is 0 Å². The fourth-order valence-electron chi connectivity index (χ4n) is 2.89. The van der Waals surface area contributed by atoms with Crippen molar-refractivity contribution in [2.75, 3.05) is 13.1 Å². The van der Waals surface area contributed by atoms with Gasteiger partial charge in [-0.25, -0.2) is 4.52 Å². The van der Waals surface area contributed by atoms with E-state index in [1.165, 1.54) is 31.5 Å². The number of likely N-dealkylation sites (tertiary alicyclic amines) is 1. The highest BCUT2D eigenvalue weighted by atomic mass is 16.3. The summed E-state index contributed by atoms with van der Waals surface area (Å²) in [6.07, 6.45) is 6.28. The van der Waals surface area contributed by atoms with Gasteiger partial charge in [-0.2, -0.15) is 5.10 Å². The van der Waals surface area contributed by atoms with E-state index in [2.05, 4.69) is 23.0 Å². The molecule has 0 saturated carbocycles. The summed E-state index contributed by atoms with van der Waals surface area (Å²) in [4.78, 5) is 2.50. The molecule has 0 bridgehead atoms. The quantitative estimate of drug-likeness (QED) is 0.917. The molecule has 102 valence electrons. The lowest BCUT2D eigenvalue weighted by Gasteiger charge is -2.30. The van der Waals surface area contributed by atoms with Crippen LogP contribution in [0.3, 0.4) is 0 Å². The van der Waals surface area contributed by atoms with Crippen molar-refractivity contribution in [2.24, 2.45) is 5.92 Å². The molecule has 0 amide bonds. The number of hydrogen-bond acceptors (Lipinski definition) is 3. The van der Waals surface area contributed by atoms with Crippen LogP contribution in [-0.2, 0) is 13.2 Å². The predicted octanol–water partition coefficient (Wildman–Crippen LogP) is 2.06. The summed E-state index contributed by atoms with van der Waals surface area (Å²) in [5.41, 5.74) is 3.25. The number of aliphatic hydroxyl groups is 1. The molecular formula is C15H21N3O. The van der Waals surface area contributed by atoms with E-state index in [1.807, 2.05) is 16.8 Å². The minimum absolute atomic E-state index is 0.0531. The molecular weight excluding hydrogens is 238 g/mol. The van der Waals surface area contributed by atoms with Crippen molar-refractivity contribution >= 4 is 5.52 Å². The van der Waals surface area contributed by atoms with Crippen LogP contribution in [0.2, 0.25) is 0 Å². The molecule has 1 aliphatic heterocycles. The molecule has 0 atom stereocenters. The van der Waals surface area contributed by atoms with E-state index >= 15 is 0 Å². The second-order valence-electron chi connectivity index (χ2n) is 5.61. The molecule has 4 nitrogen and oxygen atoms in total. The maximum atomic E-state index is 9.42. The van der Waals surface area contributed by atoms with Crippen LogP contribution in [0.25, 0.3) is 5.52 Å². The van der Waals surface area contributed by atoms with Gasteiger partial charge >= 0.3 is 0 Å². The molecule has 19 heavy (non-hydrogen) atoms. The molecule has 1 aliphatic rings. The van der Waals surface area contributed by atoms with Gasteiger partial charge in [0.25, 0.3) is 0 Å². The Balaban J connectivity index is 1.86. The van der Waals surface area contributed by atoms with Crippen molar-refractivity contribution in [1.29, 1.82) is 0 Å². The van der Waals surface area contributed by atoms with Gasteiger partial charge in [-0.05, 0) is 43.5 Å². The largest absolute Gasteiger partial charge is 0.392 e. The van der Waals surface area contributed by atoms with Crippen LogP contribution < -0.4 is 0 Å². The number of pyridine rings is 1. The number of piperidine rings is 1. The van der Waals surface area contributed by atoms with E-state index in [1.54, 1.807) is 6.20 Å². The molecule has 1 N–H and O–H groups in total. The number of aromatic nitrogens is 2. The fourth-order valence-corrected chi connectivity index (χ4v) is 2.89. The highest BCUT2D eigenvalue weighted by Crippen LogP contribution is 2.21. The molecule has 0 aromatic carbocycles. The second-order valence-corrected chi connectivity index (χ2v) is 5.61. The molecule has 3 rings (SSSR count). The van der Waals surface area contributed by atoms with Crippen LogP contribution >= 0.6 is 0 Å². The maximum Gasteiger partial charge on any atom is 0.0761 e. The summed E-state index contributed by atoms with van der Waals surface area (Å²) < 4.78 is 1.87. The van der Waals surface area contributed by atoms with Gasteiger partial charge in [0.05, 0.1) is 18.3 Å². The van der Waals surface area contributed by atoms with Gasteiger partial charge in [-0.1, -0.05) is 13.0 Å². The zero-order chi connectivity index (χ0) is 13.2. The zero-order valence-corrected chi connectivity index (χ0v) is 11.4. The average molecular weight is 259 g/mol. The Morgan fingerprint density at radius 1 is 1.32 bits per heavy atom. The molecule has 1 fully saturated rings. The summed E-state index contributed by atoms with van der Waals surface area (Å²) in [6.45, 7) is 5.68. The molecule has 2 aromatic heterocycles. The summed E-state index contributed by atoms with van der Waals surface area (Å²) in [7, 11) is 0. The third-order valence-electron chi connectivity index (χ3n) is 4.14. The van der Waals surface area contributed by atoms with E-state index < -0.39 is 0 Å². The number of fused-ring (bicyclic) bond motifs is 1. The van der Waals surface area contributed by atoms with E-state index in [-0.39, 0.29) is 6.61 Å². The minimum atomic E-state index is 0.0531. The number of hydrogen-bond donors (Lipinski definition) is 1.